The molecule has 1 aromatic heterocycles. The van der Waals surface area contributed by atoms with E-state index in [-0.39, 0.29) is 11.9 Å². The minimum Gasteiger partial charge on any atom is -0.338 e. The molecule has 2 rings (SSSR count). The number of nitrogens with one attached hydrogen (secondary N) is 1. The molecule has 0 unspecified atom stereocenters. The van der Waals surface area contributed by atoms with Gasteiger partial charge in [-0.05, 0) is 18.1 Å². The third kappa shape index (κ3) is 4.34. The zero-order chi connectivity index (χ0) is 16.1. The monoisotopic (exact) mass is 324 g/mol. The molecule has 2 heterocycles. The first-order chi connectivity index (χ1) is 10.5. The highest BCUT2D eigenvalue weighted by Crippen LogP contribution is 2.10. The second-order valence-electron chi connectivity index (χ2n) is 5.73. The van der Waals surface area contributed by atoms with Gasteiger partial charge in [-0.15, -0.1) is 0 Å². The van der Waals surface area contributed by atoms with E-state index in [1.165, 1.54) is 6.20 Å². The van der Waals surface area contributed by atoms with E-state index in [0.29, 0.717) is 49.4 Å². The quantitative estimate of drug-likeness (QED) is 0.863. The molecule has 22 heavy (non-hydrogen) atoms. The number of aromatic nitrogens is 1. The first-order valence-corrected chi connectivity index (χ1v) is 7.78. The third-order valence-corrected chi connectivity index (χ3v) is 3.71. The van der Waals surface area contributed by atoms with Crippen molar-refractivity contribution < 1.29 is 9.59 Å². The third-order valence-electron chi connectivity index (χ3n) is 3.49. The Morgan fingerprint density at radius 2 is 1.86 bits per heavy atom. The van der Waals surface area contributed by atoms with E-state index in [4.69, 9.17) is 11.6 Å². The van der Waals surface area contributed by atoms with Crippen molar-refractivity contribution in [3.63, 3.8) is 0 Å². The van der Waals surface area contributed by atoms with Crippen molar-refractivity contribution in [3.05, 3.63) is 29.0 Å². The van der Waals surface area contributed by atoms with Gasteiger partial charge in [0.2, 0.25) is 0 Å². The summed E-state index contributed by atoms with van der Waals surface area (Å²) >= 11 is 5.72. The molecule has 1 aromatic rings. The molecular weight excluding hydrogens is 304 g/mol. The number of rotatable bonds is 3. The summed E-state index contributed by atoms with van der Waals surface area (Å²) in [4.78, 5) is 31.7. The van der Waals surface area contributed by atoms with E-state index >= 15 is 0 Å². The molecule has 0 atom stereocenters. The van der Waals surface area contributed by atoms with Crippen molar-refractivity contribution >= 4 is 23.5 Å². The largest absolute Gasteiger partial charge is 0.338 e. The maximum absolute atomic E-state index is 12.3. The molecule has 6 nitrogen and oxygen atoms in total. The Hall–Kier alpha value is -1.82. The van der Waals surface area contributed by atoms with Crippen LogP contribution < -0.4 is 5.32 Å². The van der Waals surface area contributed by atoms with Crippen LogP contribution in [0.25, 0.3) is 0 Å². The van der Waals surface area contributed by atoms with Gasteiger partial charge in [0, 0.05) is 38.9 Å². The molecule has 1 aliphatic heterocycles. The van der Waals surface area contributed by atoms with Crippen LogP contribution in [-0.2, 0) is 0 Å². The van der Waals surface area contributed by atoms with Crippen LogP contribution in [-0.4, -0.2) is 59.4 Å². The normalized spacial score (nSPS) is 15.1. The number of hydrogen-bond acceptors (Lipinski definition) is 3. The number of amides is 3. The highest BCUT2D eigenvalue weighted by Gasteiger charge is 2.24. The summed E-state index contributed by atoms with van der Waals surface area (Å²) in [5, 5.41) is 3.26. The molecule has 0 radical (unpaired) electrons. The fraction of sp³-hybridized carbons (Fsp3) is 0.533. The number of carbonyl (C=O) groups excluding carboxylic acids is 2. The van der Waals surface area contributed by atoms with E-state index in [1.807, 2.05) is 0 Å². The second-order valence-corrected chi connectivity index (χ2v) is 6.12. The van der Waals surface area contributed by atoms with Crippen LogP contribution >= 0.6 is 11.6 Å². The number of hydrogen-bond donors (Lipinski definition) is 1. The van der Waals surface area contributed by atoms with E-state index in [1.54, 1.807) is 21.9 Å². The Bertz CT molecular complexity index is 525. The molecule has 3 amide bonds. The van der Waals surface area contributed by atoms with Gasteiger partial charge < -0.3 is 15.1 Å². The van der Waals surface area contributed by atoms with Gasteiger partial charge in [0.25, 0.3) is 5.91 Å². The van der Waals surface area contributed by atoms with Gasteiger partial charge in [0.05, 0.1) is 5.56 Å². The van der Waals surface area contributed by atoms with Gasteiger partial charge in [0.15, 0.2) is 0 Å². The average Bonchev–Trinajstić information content (AvgIpc) is 2.53. The Morgan fingerprint density at radius 1 is 1.23 bits per heavy atom. The summed E-state index contributed by atoms with van der Waals surface area (Å²) in [6.45, 7) is 6.89. The number of carbonyl (C=O) groups is 2. The van der Waals surface area contributed by atoms with Crippen LogP contribution in [0.5, 0.6) is 0 Å². The Balaban J connectivity index is 1.85. The van der Waals surface area contributed by atoms with Crippen molar-refractivity contribution in [1.29, 1.82) is 0 Å². The molecule has 120 valence electrons. The van der Waals surface area contributed by atoms with Gasteiger partial charge in [-0.3, -0.25) is 4.79 Å². The van der Waals surface area contributed by atoms with Crippen LogP contribution in [0.3, 0.4) is 0 Å². The molecule has 1 aliphatic rings. The van der Waals surface area contributed by atoms with Gasteiger partial charge in [-0.1, -0.05) is 25.4 Å². The number of urea groups is 1. The molecule has 0 spiro atoms. The van der Waals surface area contributed by atoms with Crippen molar-refractivity contribution in [2.45, 2.75) is 13.8 Å². The summed E-state index contributed by atoms with van der Waals surface area (Å²) in [6, 6.07) is 3.21. The van der Waals surface area contributed by atoms with Crippen molar-refractivity contribution in [3.8, 4) is 0 Å². The lowest BCUT2D eigenvalue weighted by Gasteiger charge is -2.34. The summed E-state index contributed by atoms with van der Waals surface area (Å²) in [7, 11) is 0. The molecule has 0 saturated carbocycles. The molecule has 1 N–H and O–H groups in total. The predicted octanol–water partition coefficient (Wildman–Crippen LogP) is 1.86. The number of pyridine rings is 1. The SMILES string of the molecule is CC(C)CNC(=O)N1CCN(C(=O)c2ccc(Cl)nc2)CC1. The minimum absolute atomic E-state index is 0.0611. The van der Waals surface area contributed by atoms with Crippen molar-refractivity contribution in [2.24, 2.45) is 5.92 Å². The lowest BCUT2D eigenvalue weighted by Crippen LogP contribution is -2.53. The number of halogens is 1. The Labute approximate surface area is 135 Å². The van der Waals surface area contributed by atoms with E-state index < -0.39 is 0 Å². The molecule has 1 saturated heterocycles. The van der Waals surface area contributed by atoms with E-state index in [9.17, 15) is 9.59 Å². The van der Waals surface area contributed by atoms with Crippen LogP contribution in [0.1, 0.15) is 24.2 Å². The maximum Gasteiger partial charge on any atom is 0.317 e. The fourth-order valence-corrected chi connectivity index (χ4v) is 2.31. The standard InChI is InChI=1S/C15H21ClN4O2/c1-11(2)9-18-15(22)20-7-5-19(6-8-20)14(21)12-3-4-13(16)17-10-12/h3-4,10-11H,5-9H2,1-2H3,(H,18,22). The molecule has 0 aliphatic carbocycles. The topological polar surface area (TPSA) is 65.5 Å². The van der Waals surface area contributed by atoms with Crippen LogP contribution in [0.4, 0.5) is 4.79 Å². The smallest absolute Gasteiger partial charge is 0.317 e. The Kier molecular flexibility index (Phi) is 5.60. The zero-order valence-electron chi connectivity index (χ0n) is 12.9. The van der Waals surface area contributed by atoms with Crippen LogP contribution in [0, 0.1) is 5.92 Å². The van der Waals surface area contributed by atoms with Gasteiger partial charge in [-0.2, -0.15) is 0 Å². The second kappa shape index (κ2) is 7.45. The summed E-state index contributed by atoms with van der Waals surface area (Å²) in [5.74, 6) is 0.343. The minimum atomic E-state index is -0.0774. The average molecular weight is 325 g/mol. The van der Waals surface area contributed by atoms with Crippen LogP contribution in [0.2, 0.25) is 5.15 Å². The first-order valence-electron chi connectivity index (χ1n) is 7.41. The van der Waals surface area contributed by atoms with Crippen molar-refractivity contribution in [1.82, 2.24) is 20.1 Å². The maximum atomic E-state index is 12.3. The predicted molar refractivity (Wildman–Crippen MR) is 85.0 cm³/mol. The van der Waals surface area contributed by atoms with Gasteiger partial charge >= 0.3 is 6.03 Å². The first kappa shape index (κ1) is 16.5. The summed E-state index contributed by atoms with van der Waals surface area (Å²) in [6.07, 6.45) is 1.48. The molecule has 0 bridgehead atoms. The highest BCUT2D eigenvalue weighted by atomic mass is 35.5. The van der Waals surface area contributed by atoms with Crippen LogP contribution in [0.15, 0.2) is 18.3 Å². The summed E-state index contributed by atoms with van der Waals surface area (Å²) < 4.78 is 0. The number of nitrogens with zero attached hydrogens (tertiary/aromatic N) is 3. The fourth-order valence-electron chi connectivity index (χ4n) is 2.20. The van der Waals surface area contributed by atoms with Crippen molar-refractivity contribution in [2.75, 3.05) is 32.7 Å². The zero-order valence-corrected chi connectivity index (χ0v) is 13.6. The number of piperazine rings is 1. The molecule has 0 aromatic carbocycles. The van der Waals surface area contributed by atoms with Gasteiger partial charge in [0.1, 0.15) is 5.15 Å². The van der Waals surface area contributed by atoms with Gasteiger partial charge in [-0.25, -0.2) is 9.78 Å². The molecular formula is C15H21ClN4O2. The highest BCUT2D eigenvalue weighted by molar-refractivity contribution is 6.29. The lowest BCUT2D eigenvalue weighted by molar-refractivity contribution is 0.0664. The summed E-state index contributed by atoms with van der Waals surface area (Å²) in [5.41, 5.74) is 0.516. The molecule has 7 heteroatoms. The lowest BCUT2D eigenvalue weighted by atomic mass is 10.2. The van der Waals surface area contributed by atoms with E-state index in [2.05, 4.69) is 24.1 Å². The Morgan fingerprint density at radius 3 is 2.41 bits per heavy atom. The van der Waals surface area contributed by atoms with E-state index in [0.717, 1.165) is 0 Å². The molecule has 1 fully saturated rings.